The molecule has 0 atom stereocenters. The molecule has 1 aromatic carbocycles. The molecule has 0 heterocycles. The maximum atomic E-state index is 12.8. The maximum absolute atomic E-state index is 12.8. The number of ether oxygens (including phenoxy) is 2. The zero-order chi connectivity index (χ0) is 12.5. The van der Waals surface area contributed by atoms with E-state index >= 15 is 0 Å². The second-order valence-corrected chi connectivity index (χ2v) is 3.92. The molecule has 0 spiro atoms. The number of anilines is 1. The van der Waals surface area contributed by atoms with Crippen molar-refractivity contribution in [2.24, 2.45) is 0 Å². The highest BCUT2D eigenvalue weighted by Gasteiger charge is 2.00. The predicted octanol–water partition coefficient (Wildman–Crippen LogP) is 2.94. The van der Waals surface area contributed by atoms with Crippen molar-refractivity contribution >= 4 is 17.3 Å². The molecule has 0 unspecified atom stereocenters. The number of hydrogen-bond donors (Lipinski definition) is 1. The van der Waals surface area contributed by atoms with Crippen LogP contribution in [0.5, 0.6) is 0 Å². The van der Waals surface area contributed by atoms with Crippen LogP contribution in [0.2, 0.25) is 5.02 Å². The first-order chi connectivity index (χ1) is 8.24. The minimum atomic E-state index is -0.330. The summed E-state index contributed by atoms with van der Waals surface area (Å²) >= 11 is 5.86. The first-order valence-corrected chi connectivity index (χ1v) is 5.87. The van der Waals surface area contributed by atoms with Crippen molar-refractivity contribution in [1.29, 1.82) is 0 Å². The first-order valence-electron chi connectivity index (χ1n) is 5.49. The molecule has 1 N–H and O–H groups in total. The number of nitrogens with one attached hydrogen (secondary N) is 1. The van der Waals surface area contributed by atoms with Crippen LogP contribution in [0.4, 0.5) is 10.1 Å². The molecule has 96 valence electrons. The van der Waals surface area contributed by atoms with Crippen LogP contribution in [0.25, 0.3) is 0 Å². The lowest BCUT2D eigenvalue weighted by Crippen LogP contribution is -2.08. The summed E-state index contributed by atoms with van der Waals surface area (Å²) in [6, 6.07) is 4.30. The van der Waals surface area contributed by atoms with Gasteiger partial charge in [-0.15, -0.1) is 0 Å². The van der Waals surface area contributed by atoms with Crippen molar-refractivity contribution < 1.29 is 13.9 Å². The van der Waals surface area contributed by atoms with Crippen LogP contribution in [-0.2, 0) is 9.47 Å². The third kappa shape index (κ3) is 5.86. The van der Waals surface area contributed by atoms with Gasteiger partial charge in [0.15, 0.2) is 0 Å². The SMILES string of the molecule is COCCOCCCNc1ccc(F)cc1Cl. The molecule has 0 fully saturated rings. The highest BCUT2D eigenvalue weighted by atomic mass is 35.5. The smallest absolute Gasteiger partial charge is 0.124 e. The standard InChI is InChI=1S/C12H17ClFNO2/c1-16-7-8-17-6-2-5-15-12-4-3-10(14)9-11(12)13/h3-4,9,15H,2,5-8H2,1H3. The van der Waals surface area contributed by atoms with Crippen molar-refractivity contribution in [3.05, 3.63) is 29.0 Å². The molecule has 5 heteroatoms. The Bertz CT molecular complexity index is 336. The quantitative estimate of drug-likeness (QED) is 0.730. The number of benzene rings is 1. The summed E-state index contributed by atoms with van der Waals surface area (Å²) < 4.78 is 22.9. The van der Waals surface area contributed by atoms with E-state index in [2.05, 4.69) is 5.32 Å². The van der Waals surface area contributed by atoms with Crippen molar-refractivity contribution in [2.75, 3.05) is 38.8 Å². The Labute approximate surface area is 106 Å². The van der Waals surface area contributed by atoms with Crippen LogP contribution in [0.15, 0.2) is 18.2 Å². The van der Waals surface area contributed by atoms with Crippen molar-refractivity contribution in [3.8, 4) is 0 Å². The van der Waals surface area contributed by atoms with Gasteiger partial charge in [-0.2, -0.15) is 0 Å². The summed E-state index contributed by atoms with van der Waals surface area (Å²) in [4.78, 5) is 0. The lowest BCUT2D eigenvalue weighted by atomic mass is 10.3. The Hall–Kier alpha value is -0.840. The number of rotatable bonds is 8. The zero-order valence-corrected chi connectivity index (χ0v) is 10.6. The molecule has 0 radical (unpaired) electrons. The number of halogens is 2. The van der Waals surface area contributed by atoms with Gasteiger partial charge in [-0.1, -0.05) is 11.6 Å². The van der Waals surface area contributed by atoms with Crippen LogP contribution in [0.1, 0.15) is 6.42 Å². The van der Waals surface area contributed by atoms with E-state index in [1.54, 1.807) is 13.2 Å². The fraction of sp³-hybridized carbons (Fsp3) is 0.500. The summed E-state index contributed by atoms with van der Waals surface area (Å²) in [6.45, 7) is 2.61. The Morgan fingerprint density at radius 1 is 1.29 bits per heavy atom. The summed E-state index contributed by atoms with van der Waals surface area (Å²) in [7, 11) is 1.64. The van der Waals surface area contributed by atoms with E-state index in [0.717, 1.165) is 18.7 Å². The fourth-order valence-electron chi connectivity index (χ4n) is 1.27. The lowest BCUT2D eigenvalue weighted by molar-refractivity contribution is 0.0705. The zero-order valence-electron chi connectivity index (χ0n) is 9.84. The van der Waals surface area contributed by atoms with Crippen LogP contribution in [0, 0.1) is 5.82 Å². The fourth-order valence-corrected chi connectivity index (χ4v) is 1.51. The molecular weight excluding hydrogens is 245 g/mol. The molecule has 0 aliphatic heterocycles. The van der Waals surface area contributed by atoms with E-state index in [9.17, 15) is 4.39 Å². The third-order valence-corrected chi connectivity index (χ3v) is 2.46. The Morgan fingerprint density at radius 3 is 2.82 bits per heavy atom. The largest absolute Gasteiger partial charge is 0.384 e. The van der Waals surface area contributed by atoms with Crippen LogP contribution < -0.4 is 5.32 Å². The first kappa shape index (κ1) is 14.2. The molecule has 0 saturated carbocycles. The molecule has 0 aliphatic rings. The van der Waals surface area contributed by atoms with Gasteiger partial charge >= 0.3 is 0 Å². The lowest BCUT2D eigenvalue weighted by Gasteiger charge is -2.08. The summed E-state index contributed by atoms with van der Waals surface area (Å²) in [5.74, 6) is -0.330. The molecule has 1 aromatic rings. The minimum absolute atomic E-state index is 0.330. The van der Waals surface area contributed by atoms with Gasteiger partial charge in [-0.05, 0) is 24.6 Å². The predicted molar refractivity (Wildman–Crippen MR) is 67.2 cm³/mol. The number of hydrogen-bond acceptors (Lipinski definition) is 3. The normalized spacial score (nSPS) is 10.5. The van der Waals surface area contributed by atoms with Gasteiger partial charge in [0.1, 0.15) is 5.82 Å². The van der Waals surface area contributed by atoms with E-state index in [0.29, 0.717) is 24.8 Å². The van der Waals surface area contributed by atoms with E-state index < -0.39 is 0 Å². The third-order valence-electron chi connectivity index (χ3n) is 2.14. The minimum Gasteiger partial charge on any atom is -0.384 e. The molecule has 0 aromatic heterocycles. The van der Waals surface area contributed by atoms with Gasteiger partial charge < -0.3 is 14.8 Å². The van der Waals surface area contributed by atoms with Crippen LogP contribution in [-0.4, -0.2) is 33.5 Å². The van der Waals surface area contributed by atoms with Crippen LogP contribution >= 0.6 is 11.6 Å². The van der Waals surface area contributed by atoms with E-state index in [1.807, 2.05) is 0 Å². The maximum Gasteiger partial charge on any atom is 0.124 e. The molecule has 1 rings (SSSR count). The van der Waals surface area contributed by atoms with Crippen molar-refractivity contribution in [2.45, 2.75) is 6.42 Å². The topological polar surface area (TPSA) is 30.5 Å². The monoisotopic (exact) mass is 261 g/mol. The summed E-state index contributed by atoms with van der Waals surface area (Å²) in [6.07, 6.45) is 0.859. The second kappa shape index (κ2) is 8.28. The Morgan fingerprint density at radius 2 is 2.12 bits per heavy atom. The van der Waals surface area contributed by atoms with Gasteiger partial charge in [0, 0.05) is 20.3 Å². The molecule has 17 heavy (non-hydrogen) atoms. The Kier molecular flexibility index (Phi) is 6.93. The van der Waals surface area contributed by atoms with E-state index in [1.165, 1.54) is 12.1 Å². The van der Waals surface area contributed by atoms with Crippen molar-refractivity contribution in [1.82, 2.24) is 0 Å². The van der Waals surface area contributed by atoms with Gasteiger partial charge in [-0.25, -0.2) is 4.39 Å². The molecule has 0 aliphatic carbocycles. The van der Waals surface area contributed by atoms with Crippen molar-refractivity contribution in [3.63, 3.8) is 0 Å². The van der Waals surface area contributed by atoms with Gasteiger partial charge in [-0.3, -0.25) is 0 Å². The average molecular weight is 262 g/mol. The van der Waals surface area contributed by atoms with Gasteiger partial charge in [0.25, 0.3) is 0 Å². The van der Waals surface area contributed by atoms with Gasteiger partial charge in [0.2, 0.25) is 0 Å². The average Bonchev–Trinajstić information content (AvgIpc) is 2.30. The number of methoxy groups -OCH3 is 1. The molecule has 0 amide bonds. The second-order valence-electron chi connectivity index (χ2n) is 3.51. The van der Waals surface area contributed by atoms with E-state index in [-0.39, 0.29) is 5.82 Å². The molecule has 0 saturated heterocycles. The summed E-state index contributed by atoms with van der Waals surface area (Å²) in [5.41, 5.74) is 0.741. The molecule has 0 bridgehead atoms. The molecule has 3 nitrogen and oxygen atoms in total. The Balaban J connectivity index is 2.14. The summed E-state index contributed by atoms with van der Waals surface area (Å²) in [5, 5.41) is 3.51. The van der Waals surface area contributed by atoms with Gasteiger partial charge in [0.05, 0.1) is 23.9 Å². The molecular formula is C12H17ClFNO2. The van der Waals surface area contributed by atoms with E-state index in [4.69, 9.17) is 21.1 Å². The highest BCUT2D eigenvalue weighted by Crippen LogP contribution is 2.22. The van der Waals surface area contributed by atoms with Crippen LogP contribution in [0.3, 0.4) is 0 Å². The highest BCUT2D eigenvalue weighted by molar-refractivity contribution is 6.33.